The molecule has 0 fully saturated rings. The molecule has 1 heterocycles. The average Bonchev–Trinajstić information content (AvgIpc) is 3.04. The summed E-state index contributed by atoms with van der Waals surface area (Å²) in [6.07, 6.45) is 0.343. The van der Waals surface area contributed by atoms with Crippen molar-refractivity contribution in [2.24, 2.45) is 0 Å². The van der Waals surface area contributed by atoms with Gasteiger partial charge in [0.05, 0.1) is 12.1 Å². The molecule has 0 aliphatic heterocycles. The number of hydrogen-bond acceptors (Lipinski definition) is 4. The van der Waals surface area contributed by atoms with Gasteiger partial charge in [0, 0.05) is 16.9 Å². The number of aromatic nitrogens is 1. The van der Waals surface area contributed by atoms with Gasteiger partial charge in [0.2, 0.25) is 5.91 Å². The molecular formula is C20H19FN2OS2. The Bertz CT molecular complexity index is 878. The van der Waals surface area contributed by atoms with E-state index in [0.29, 0.717) is 11.6 Å². The molecule has 0 saturated heterocycles. The molecule has 3 aromatic rings. The van der Waals surface area contributed by atoms with Gasteiger partial charge in [-0.25, -0.2) is 9.37 Å². The third kappa shape index (κ3) is 5.68. The number of thiazole rings is 1. The lowest BCUT2D eigenvalue weighted by Crippen LogP contribution is -2.14. The van der Waals surface area contributed by atoms with Crippen LogP contribution in [-0.2, 0) is 22.7 Å². The Morgan fingerprint density at radius 3 is 2.73 bits per heavy atom. The molecule has 0 bridgehead atoms. The monoisotopic (exact) mass is 386 g/mol. The van der Waals surface area contributed by atoms with Crippen molar-refractivity contribution < 1.29 is 9.18 Å². The van der Waals surface area contributed by atoms with Crippen molar-refractivity contribution in [1.29, 1.82) is 0 Å². The Kier molecular flexibility index (Phi) is 6.41. The van der Waals surface area contributed by atoms with E-state index >= 15 is 0 Å². The molecule has 134 valence electrons. The molecule has 1 N–H and O–H groups in total. The first kappa shape index (κ1) is 18.6. The van der Waals surface area contributed by atoms with E-state index in [-0.39, 0.29) is 11.7 Å². The Morgan fingerprint density at radius 1 is 1.15 bits per heavy atom. The molecule has 0 radical (unpaired) electrons. The van der Waals surface area contributed by atoms with E-state index in [1.54, 1.807) is 23.9 Å². The Hall–Kier alpha value is -2.18. The molecule has 3 rings (SSSR count). The molecule has 6 heteroatoms. The maximum Gasteiger partial charge on any atom is 0.230 e. The fourth-order valence-electron chi connectivity index (χ4n) is 2.46. The van der Waals surface area contributed by atoms with E-state index < -0.39 is 0 Å². The van der Waals surface area contributed by atoms with E-state index in [9.17, 15) is 9.18 Å². The minimum absolute atomic E-state index is 0.0598. The standard InChI is InChI=1S/C20H19FN2OS2/c1-14-3-2-4-16(9-14)10-19(24)23-20-22-18(13-26-20)12-25-11-15-5-7-17(21)8-6-15/h2-9,13H,10-12H2,1H3,(H,22,23,24). The third-order valence-electron chi connectivity index (χ3n) is 3.68. The number of carbonyl (C=O) groups excluding carboxylic acids is 1. The van der Waals surface area contributed by atoms with Crippen LogP contribution >= 0.6 is 23.1 Å². The summed E-state index contributed by atoms with van der Waals surface area (Å²) in [5, 5.41) is 5.45. The first-order valence-corrected chi connectivity index (χ1v) is 10.2. The Labute approximate surface area is 160 Å². The van der Waals surface area contributed by atoms with E-state index in [1.165, 1.54) is 23.5 Å². The SMILES string of the molecule is Cc1cccc(CC(=O)Nc2nc(CSCc3ccc(F)cc3)cs2)c1. The van der Waals surface area contributed by atoms with Crippen molar-refractivity contribution in [2.45, 2.75) is 24.9 Å². The van der Waals surface area contributed by atoms with E-state index in [0.717, 1.165) is 33.9 Å². The maximum atomic E-state index is 12.9. The van der Waals surface area contributed by atoms with Gasteiger partial charge >= 0.3 is 0 Å². The van der Waals surface area contributed by atoms with Crippen LogP contribution in [0, 0.1) is 12.7 Å². The van der Waals surface area contributed by atoms with Gasteiger partial charge in [0.25, 0.3) is 0 Å². The van der Waals surface area contributed by atoms with Crippen LogP contribution in [0.5, 0.6) is 0 Å². The van der Waals surface area contributed by atoms with Crippen LogP contribution in [0.3, 0.4) is 0 Å². The maximum absolute atomic E-state index is 12.9. The number of rotatable bonds is 7. The number of hydrogen-bond donors (Lipinski definition) is 1. The molecule has 1 aromatic heterocycles. The van der Waals surface area contributed by atoms with Crippen LogP contribution in [0.25, 0.3) is 0 Å². The normalized spacial score (nSPS) is 10.7. The third-order valence-corrected chi connectivity index (χ3v) is 5.52. The first-order chi connectivity index (χ1) is 12.6. The summed E-state index contributed by atoms with van der Waals surface area (Å²) in [4.78, 5) is 16.6. The van der Waals surface area contributed by atoms with Crippen LogP contribution < -0.4 is 5.32 Å². The van der Waals surface area contributed by atoms with Crippen molar-refractivity contribution in [3.05, 3.63) is 82.1 Å². The molecule has 0 unspecified atom stereocenters. The van der Waals surface area contributed by atoms with Gasteiger partial charge in [-0.3, -0.25) is 4.79 Å². The second-order valence-corrected chi connectivity index (χ2v) is 7.82. The fraction of sp³-hybridized carbons (Fsp3) is 0.200. The van der Waals surface area contributed by atoms with Crippen LogP contribution in [0.15, 0.2) is 53.9 Å². The summed E-state index contributed by atoms with van der Waals surface area (Å²) in [5.74, 6) is 1.27. The molecule has 1 amide bonds. The van der Waals surface area contributed by atoms with Crippen molar-refractivity contribution in [1.82, 2.24) is 4.98 Å². The van der Waals surface area contributed by atoms with Gasteiger partial charge in [0.15, 0.2) is 5.13 Å². The zero-order valence-corrected chi connectivity index (χ0v) is 16.0. The number of anilines is 1. The highest BCUT2D eigenvalue weighted by Gasteiger charge is 2.08. The number of nitrogens with one attached hydrogen (secondary N) is 1. The summed E-state index contributed by atoms with van der Waals surface area (Å²) in [7, 11) is 0. The number of carbonyl (C=O) groups is 1. The number of thioether (sulfide) groups is 1. The molecular weight excluding hydrogens is 367 g/mol. The van der Waals surface area contributed by atoms with Gasteiger partial charge in [-0.1, -0.05) is 42.0 Å². The molecule has 0 spiro atoms. The summed E-state index contributed by atoms with van der Waals surface area (Å²) < 4.78 is 12.9. The van der Waals surface area contributed by atoms with E-state index in [2.05, 4.69) is 10.3 Å². The average molecular weight is 387 g/mol. The lowest BCUT2D eigenvalue weighted by atomic mass is 10.1. The predicted molar refractivity (Wildman–Crippen MR) is 107 cm³/mol. The van der Waals surface area contributed by atoms with Gasteiger partial charge in [0.1, 0.15) is 5.82 Å². The molecule has 0 aliphatic rings. The minimum Gasteiger partial charge on any atom is -0.302 e. The first-order valence-electron chi connectivity index (χ1n) is 8.20. The number of aryl methyl sites for hydroxylation is 1. The summed E-state index contributed by atoms with van der Waals surface area (Å²) >= 11 is 3.14. The largest absolute Gasteiger partial charge is 0.302 e. The zero-order valence-electron chi connectivity index (χ0n) is 14.4. The van der Waals surface area contributed by atoms with Crippen molar-refractivity contribution in [2.75, 3.05) is 5.32 Å². The van der Waals surface area contributed by atoms with E-state index in [4.69, 9.17) is 0 Å². The van der Waals surface area contributed by atoms with Crippen molar-refractivity contribution >= 4 is 34.1 Å². The summed E-state index contributed by atoms with van der Waals surface area (Å²) in [6, 6.07) is 14.5. The fourth-order valence-corrected chi connectivity index (χ4v) is 4.17. The lowest BCUT2D eigenvalue weighted by Gasteiger charge is -2.03. The van der Waals surface area contributed by atoms with Crippen LogP contribution in [0.2, 0.25) is 0 Å². The Balaban J connectivity index is 1.46. The topological polar surface area (TPSA) is 42.0 Å². The predicted octanol–water partition coefficient (Wildman–Crippen LogP) is 5.21. The summed E-state index contributed by atoms with van der Waals surface area (Å²) in [5.41, 5.74) is 4.16. The second kappa shape index (κ2) is 8.96. The molecule has 2 aromatic carbocycles. The highest BCUT2D eigenvalue weighted by Crippen LogP contribution is 2.22. The van der Waals surface area contributed by atoms with Gasteiger partial charge in [-0.05, 0) is 30.2 Å². The number of benzene rings is 2. The van der Waals surface area contributed by atoms with Crippen LogP contribution in [0.4, 0.5) is 9.52 Å². The molecule has 0 saturated carbocycles. The smallest absolute Gasteiger partial charge is 0.230 e. The van der Waals surface area contributed by atoms with Gasteiger partial charge in [-0.15, -0.1) is 11.3 Å². The van der Waals surface area contributed by atoms with Crippen molar-refractivity contribution in [3.8, 4) is 0 Å². The number of halogens is 1. The second-order valence-electron chi connectivity index (χ2n) is 5.98. The van der Waals surface area contributed by atoms with E-state index in [1.807, 2.05) is 36.6 Å². The van der Waals surface area contributed by atoms with Crippen molar-refractivity contribution in [3.63, 3.8) is 0 Å². The molecule has 3 nitrogen and oxygen atoms in total. The lowest BCUT2D eigenvalue weighted by molar-refractivity contribution is -0.115. The Morgan fingerprint density at radius 2 is 1.96 bits per heavy atom. The molecule has 0 atom stereocenters. The molecule has 0 aliphatic carbocycles. The number of amides is 1. The summed E-state index contributed by atoms with van der Waals surface area (Å²) in [6.45, 7) is 2.01. The van der Waals surface area contributed by atoms with Crippen LogP contribution in [0.1, 0.15) is 22.4 Å². The number of nitrogens with zero attached hydrogens (tertiary/aromatic N) is 1. The highest BCUT2D eigenvalue weighted by molar-refractivity contribution is 7.97. The highest BCUT2D eigenvalue weighted by atomic mass is 32.2. The zero-order chi connectivity index (χ0) is 18.4. The van der Waals surface area contributed by atoms with Gasteiger partial charge in [-0.2, -0.15) is 11.8 Å². The minimum atomic E-state index is -0.218. The van der Waals surface area contributed by atoms with Crippen LogP contribution in [-0.4, -0.2) is 10.9 Å². The molecule has 26 heavy (non-hydrogen) atoms. The quantitative estimate of drug-likeness (QED) is 0.606. The van der Waals surface area contributed by atoms with Gasteiger partial charge < -0.3 is 5.32 Å².